The maximum Gasteiger partial charge on any atom is 0.107 e. The van der Waals surface area contributed by atoms with Crippen molar-refractivity contribution in [3.63, 3.8) is 0 Å². The zero-order valence-electron chi connectivity index (χ0n) is 9.15. The van der Waals surface area contributed by atoms with Crippen molar-refractivity contribution in [2.24, 2.45) is 5.73 Å². The van der Waals surface area contributed by atoms with E-state index in [9.17, 15) is 0 Å². The standard InChI is InChI=1S/C11H16N2S3/c12-7-2-1-3-8-10(7)16-11(13-8)9-6-14-4-5-15-9/h7,9H,1-6,12H2. The predicted octanol–water partition coefficient (Wildman–Crippen LogP) is 3.00. The molecule has 1 aromatic rings. The van der Waals surface area contributed by atoms with Gasteiger partial charge < -0.3 is 5.73 Å². The molecular formula is C11H16N2S3. The van der Waals surface area contributed by atoms with E-state index in [0.717, 1.165) is 12.8 Å². The molecule has 3 rings (SSSR count). The molecule has 1 aliphatic carbocycles. The predicted molar refractivity (Wildman–Crippen MR) is 74.5 cm³/mol. The number of rotatable bonds is 1. The van der Waals surface area contributed by atoms with Crippen LogP contribution in [0.4, 0.5) is 0 Å². The zero-order valence-corrected chi connectivity index (χ0v) is 11.6. The first kappa shape index (κ1) is 11.4. The lowest BCUT2D eigenvalue weighted by molar-refractivity contribution is 0.573. The highest BCUT2D eigenvalue weighted by molar-refractivity contribution is 8.06. The number of thiazole rings is 1. The van der Waals surface area contributed by atoms with E-state index in [2.05, 4.69) is 23.5 Å². The van der Waals surface area contributed by atoms with Gasteiger partial charge in [-0.15, -0.1) is 23.1 Å². The lowest BCUT2D eigenvalue weighted by atomic mass is 9.99. The van der Waals surface area contributed by atoms with E-state index in [1.54, 1.807) is 0 Å². The van der Waals surface area contributed by atoms with E-state index in [1.807, 2.05) is 11.3 Å². The summed E-state index contributed by atoms with van der Waals surface area (Å²) < 4.78 is 0. The van der Waals surface area contributed by atoms with E-state index in [-0.39, 0.29) is 6.04 Å². The van der Waals surface area contributed by atoms with E-state index in [0.29, 0.717) is 5.25 Å². The van der Waals surface area contributed by atoms with Crippen molar-refractivity contribution in [1.82, 2.24) is 4.98 Å². The van der Waals surface area contributed by atoms with Gasteiger partial charge in [0.2, 0.25) is 0 Å². The number of nitrogens with zero attached hydrogens (tertiary/aromatic N) is 1. The summed E-state index contributed by atoms with van der Waals surface area (Å²) >= 11 is 6.01. The van der Waals surface area contributed by atoms with E-state index in [4.69, 9.17) is 10.7 Å². The first-order chi connectivity index (χ1) is 7.84. The molecule has 0 spiro atoms. The van der Waals surface area contributed by atoms with Crippen molar-refractivity contribution in [3.8, 4) is 0 Å². The second kappa shape index (κ2) is 4.88. The number of fused-ring (bicyclic) bond motifs is 1. The fourth-order valence-electron chi connectivity index (χ4n) is 2.24. The van der Waals surface area contributed by atoms with Crippen LogP contribution in [0.3, 0.4) is 0 Å². The second-order valence-corrected chi connectivity index (χ2v) is 7.82. The van der Waals surface area contributed by atoms with Crippen molar-refractivity contribution in [2.45, 2.75) is 30.6 Å². The minimum absolute atomic E-state index is 0.260. The molecule has 0 saturated carbocycles. The molecule has 1 saturated heterocycles. The molecule has 0 bridgehead atoms. The quantitative estimate of drug-likeness (QED) is 0.853. The van der Waals surface area contributed by atoms with Gasteiger partial charge in [0.05, 0.1) is 10.9 Å². The van der Waals surface area contributed by atoms with Gasteiger partial charge in [-0.05, 0) is 19.3 Å². The molecule has 1 aliphatic heterocycles. The molecule has 1 fully saturated rings. The molecular weight excluding hydrogens is 256 g/mol. The van der Waals surface area contributed by atoms with Gasteiger partial charge in [-0.25, -0.2) is 4.98 Å². The van der Waals surface area contributed by atoms with Crippen LogP contribution in [-0.4, -0.2) is 22.2 Å². The van der Waals surface area contributed by atoms with E-state index >= 15 is 0 Å². The van der Waals surface area contributed by atoms with E-state index < -0.39 is 0 Å². The van der Waals surface area contributed by atoms with Crippen LogP contribution in [0.5, 0.6) is 0 Å². The van der Waals surface area contributed by atoms with Crippen LogP contribution in [0.1, 0.15) is 39.7 Å². The molecule has 2 nitrogen and oxygen atoms in total. The van der Waals surface area contributed by atoms with Gasteiger partial charge in [-0.3, -0.25) is 0 Å². The summed E-state index contributed by atoms with van der Waals surface area (Å²) in [6.07, 6.45) is 3.50. The Balaban J connectivity index is 1.85. The van der Waals surface area contributed by atoms with Crippen LogP contribution in [0.2, 0.25) is 0 Å². The van der Waals surface area contributed by atoms with Crippen molar-refractivity contribution < 1.29 is 0 Å². The highest BCUT2D eigenvalue weighted by Gasteiger charge is 2.26. The zero-order chi connectivity index (χ0) is 11.0. The number of aryl methyl sites for hydroxylation is 1. The highest BCUT2D eigenvalue weighted by atomic mass is 32.2. The van der Waals surface area contributed by atoms with Gasteiger partial charge in [0, 0.05) is 28.2 Å². The van der Waals surface area contributed by atoms with Crippen LogP contribution < -0.4 is 5.73 Å². The summed E-state index contributed by atoms with van der Waals surface area (Å²) in [4.78, 5) is 6.20. The Hall–Kier alpha value is 0.290. The number of hydrogen-bond acceptors (Lipinski definition) is 5. The minimum Gasteiger partial charge on any atom is -0.323 e. The molecule has 2 atom stereocenters. The van der Waals surface area contributed by atoms with Crippen LogP contribution in [0.15, 0.2) is 0 Å². The van der Waals surface area contributed by atoms with Crippen LogP contribution >= 0.6 is 34.9 Å². The monoisotopic (exact) mass is 272 g/mol. The van der Waals surface area contributed by atoms with Gasteiger partial charge in [0.1, 0.15) is 5.01 Å². The summed E-state index contributed by atoms with van der Waals surface area (Å²) in [7, 11) is 0. The molecule has 2 N–H and O–H groups in total. The smallest absolute Gasteiger partial charge is 0.107 e. The first-order valence-corrected chi connectivity index (χ1v) is 8.81. The van der Waals surface area contributed by atoms with Gasteiger partial charge in [-0.2, -0.15) is 11.8 Å². The maximum atomic E-state index is 6.15. The summed E-state index contributed by atoms with van der Waals surface area (Å²) in [5.41, 5.74) is 7.45. The molecule has 0 radical (unpaired) electrons. The molecule has 5 heteroatoms. The summed E-state index contributed by atoms with van der Waals surface area (Å²) in [6, 6.07) is 0.260. The molecule has 0 aromatic carbocycles. The lowest BCUT2D eigenvalue weighted by Crippen LogP contribution is -2.15. The summed E-state index contributed by atoms with van der Waals surface area (Å²) in [5, 5.41) is 1.96. The van der Waals surface area contributed by atoms with Crippen LogP contribution in [-0.2, 0) is 6.42 Å². The van der Waals surface area contributed by atoms with Crippen molar-refractivity contribution >= 4 is 34.9 Å². The number of thioether (sulfide) groups is 2. The molecule has 2 aliphatic rings. The van der Waals surface area contributed by atoms with Gasteiger partial charge in [0.15, 0.2) is 0 Å². The third kappa shape index (κ3) is 2.15. The topological polar surface area (TPSA) is 38.9 Å². The van der Waals surface area contributed by atoms with E-state index in [1.165, 1.54) is 39.3 Å². The molecule has 2 unspecified atom stereocenters. The third-order valence-corrected chi connectivity index (χ3v) is 7.36. The number of aromatic nitrogens is 1. The minimum atomic E-state index is 0.260. The second-order valence-electron chi connectivity index (χ2n) is 4.30. The Kier molecular flexibility index (Phi) is 3.47. The van der Waals surface area contributed by atoms with Gasteiger partial charge in [0.25, 0.3) is 0 Å². The molecule has 16 heavy (non-hydrogen) atoms. The van der Waals surface area contributed by atoms with Gasteiger partial charge >= 0.3 is 0 Å². The fourth-order valence-corrected chi connectivity index (χ4v) is 6.37. The van der Waals surface area contributed by atoms with Crippen LogP contribution in [0.25, 0.3) is 0 Å². The first-order valence-electron chi connectivity index (χ1n) is 5.79. The Morgan fingerprint density at radius 1 is 1.31 bits per heavy atom. The maximum absolute atomic E-state index is 6.15. The van der Waals surface area contributed by atoms with Gasteiger partial charge in [-0.1, -0.05) is 0 Å². The average Bonchev–Trinajstić information content (AvgIpc) is 2.76. The molecule has 88 valence electrons. The Bertz CT molecular complexity index is 371. The van der Waals surface area contributed by atoms with Crippen molar-refractivity contribution in [2.75, 3.05) is 17.3 Å². The largest absolute Gasteiger partial charge is 0.323 e. The average molecular weight is 272 g/mol. The van der Waals surface area contributed by atoms with Crippen LogP contribution in [0, 0.1) is 0 Å². The lowest BCUT2D eigenvalue weighted by Gasteiger charge is -2.18. The molecule has 0 amide bonds. The SMILES string of the molecule is NC1CCCc2nc(C3CSCCS3)sc21. The summed E-state index contributed by atoms with van der Waals surface area (Å²) in [6.45, 7) is 0. The number of nitrogens with two attached hydrogens (primary N) is 1. The Morgan fingerprint density at radius 3 is 3.00 bits per heavy atom. The number of hydrogen-bond donors (Lipinski definition) is 1. The Labute approximate surface area is 109 Å². The molecule has 1 aromatic heterocycles. The molecule has 2 heterocycles. The van der Waals surface area contributed by atoms with Crippen molar-refractivity contribution in [3.05, 3.63) is 15.6 Å². The van der Waals surface area contributed by atoms with Crippen molar-refractivity contribution in [1.29, 1.82) is 0 Å². The third-order valence-electron chi connectivity index (χ3n) is 3.10. The fraction of sp³-hybridized carbons (Fsp3) is 0.727. The Morgan fingerprint density at radius 2 is 2.25 bits per heavy atom. The normalized spacial score (nSPS) is 30.1. The summed E-state index contributed by atoms with van der Waals surface area (Å²) in [5.74, 6) is 3.80. The highest BCUT2D eigenvalue weighted by Crippen LogP contribution is 2.42.